The van der Waals surface area contributed by atoms with E-state index in [4.69, 9.17) is 4.74 Å². The van der Waals surface area contributed by atoms with Gasteiger partial charge in [0.2, 0.25) is 0 Å². The Morgan fingerprint density at radius 2 is 1.76 bits per heavy atom. The smallest absolute Gasteiger partial charge is 0.136 e. The van der Waals surface area contributed by atoms with Crippen molar-refractivity contribution in [3.8, 4) is 11.5 Å². The highest BCUT2D eigenvalue weighted by atomic mass is 16.5. The maximum absolute atomic E-state index is 6.05. The highest BCUT2D eigenvalue weighted by Crippen LogP contribution is 2.24. The van der Waals surface area contributed by atoms with Gasteiger partial charge < -0.3 is 4.74 Å². The lowest BCUT2D eigenvalue weighted by molar-refractivity contribution is 0.482. The first-order valence-electron chi connectivity index (χ1n) is 9.12. The average Bonchev–Trinajstić information content (AvgIpc) is 2.63. The van der Waals surface area contributed by atoms with Crippen molar-refractivity contribution in [2.24, 2.45) is 9.98 Å². The maximum atomic E-state index is 6.05. The van der Waals surface area contributed by atoms with Crippen LogP contribution in [0.5, 0.6) is 11.5 Å². The normalized spacial score (nSPS) is 11.4. The molecule has 0 aromatic heterocycles. The fourth-order valence-electron chi connectivity index (χ4n) is 2.58. The summed E-state index contributed by atoms with van der Waals surface area (Å²) in [4.78, 5) is 8.61. The lowest BCUT2D eigenvalue weighted by atomic mass is 10.1. The predicted octanol–water partition coefficient (Wildman–Crippen LogP) is 5.92. The summed E-state index contributed by atoms with van der Waals surface area (Å²) < 4.78 is 6.05. The van der Waals surface area contributed by atoms with Gasteiger partial charge in [-0.3, -0.25) is 9.98 Å². The van der Waals surface area contributed by atoms with Crippen molar-refractivity contribution in [3.05, 3.63) is 59.7 Å². The molecule has 0 unspecified atom stereocenters. The van der Waals surface area contributed by atoms with Crippen molar-refractivity contribution >= 4 is 12.4 Å². The number of hydrogen-bond acceptors (Lipinski definition) is 3. The van der Waals surface area contributed by atoms with Gasteiger partial charge >= 0.3 is 0 Å². The molecule has 0 spiro atoms. The van der Waals surface area contributed by atoms with Crippen LogP contribution >= 0.6 is 0 Å². The first-order valence-corrected chi connectivity index (χ1v) is 9.12. The number of ether oxygens (including phenoxy) is 1. The van der Waals surface area contributed by atoms with E-state index in [1.165, 1.54) is 25.7 Å². The molecule has 0 bridgehead atoms. The summed E-state index contributed by atoms with van der Waals surface area (Å²) >= 11 is 0. The van der Waals surface area contributed by atoms with Gasteiger partial charge in [-0.05, 0) is 36.2 Å². The Hall–Kier alpha value is -2.42. The largest absolute Gasteiger partial charge is 0.457 e. The molecule has 0 saturated heterocycles. The zero-order valence-electron chi connectivity index (χ0n) is 15.3. The van der Waals surface area contributed by atoms with E-state index in [1.807, 2.05) is 61.0 Å². The molecule has 2 aromatic carbocycles. The lowest BCUT2D eigenvalue weighted by Gasteiger charge is -2.09. The van der Waals surface area contributed by atoms with Crippen molar-refractivity contribution < 1.29 is 4.74 Å². The molecule has 2 aromatic rings. The SMILES string of the molecule is CCCCCCCN=Cc1ccccc1Oc1cccc(C=NC)c1. The monoisotopic (exact) mass is 336 g/mol. The van der Waals surface area contributed by atoms with E-state index in [9.17, 15) is 0 Å². The molecule has 2 rings (SSSR count). The maximum Gasteiger partial charge on any atom is 0.136 e. The van der Waals surface area contributed by atoms with Gasteiger partial charge in [0.1, 0.15) is 11.5 Å². The molecule has 132 valence electrons. The first-order chi connectivity index (χ1) is 12.3. The Morgan fingerprint density at radius 3 is 2.60 bits per heavy atom. The molecule has 25 heavy (non-hydrogen) atoms. The molecule has 3 heteroatoms. The number of nitrogens with zero attached hydrogens (tertiary/aromatic N) is 2. The number of hydrogen-bond donors (Lipinski definition) is 0. The zero-order valence-corrected chi connectivity index (χ0v) is 15.3. The van der Waals surface area contributed by atoms with Crippen LogP contribution in [0.15, 0.2) is 58.5 Å². The summed E-state index contributed by atoms with van der Waals surface area (Å²) in [7, 11) is 1.77. The molecule has 0 atom stereocenters. The Balaban J connectivity index is 1.97. The number of unbranched alkanes of at least 4 members (excludes halogenated alkanes) is 4. The third-order valence-corrected chi connectivity index (χ3v) is 3.90. The summed E-state index contributed by atoms with van der Waals surface area (Å²) in [6.07, 6.45) is 10.1. The Labute approximate surface area is 151 Å². The van der Waals surface area contributed by atoms with Crippen molar-refractivity contribution in [1.82, 2.24) is 0 Å². The average molecular weight is 336 g/mol. The van der Waals surface area contributed by atoms with Crippen molar-refractivity contribution in [3.63, 3.8) is 0 Å². The van der Waals surface area contributed by atoms with E-state index >= 15 is 0 Å². The summed E-state index contributed by atoms with van der Waals surface area (Å²) in [5, 5.41) is 0. The second-order valence-electron chi connectivity index (χ2n) is 6.05. The van der Waals surface area contributed by atoms with Crippen molar-refractivity contribution in [1.29, 1.82) is 0 Å². The van der Waals surface area contributed by atoms with Gasteiger partial charge in [-0.2, -0.15) is 0 Å². The molecule has 0 N–H and O–H groups in total. The molecule has 0 saturated carbocycles. The van der Waals surface area contributed by atoms with E-state index < -0.39 is 0 Å². The van der Waals surface area contributed by atoms with Crippen molar-refractivity contribution in [2.45, 2.75) is 39.0 Å². The molecule has 0 amide bonds. The number of aliphatic imine (C=N–C) groups is 2. The minimum Gasteiger partial charge on any atom is -0.457 e. The third-order valence-electron chi connectivity index (χ3n) is 3.90. The van der Waals surface area contributed by atoms with Crippen molar-refractivity contribution in [2.75, 3.05) is 13.6 Å². The molecule has 3 nitrogen and oxygen atoms in total. The first kappa shape index (κ1) is 18.9. The van der Waals surface area contributed by atoms with Gasteiger partial charge in [0, 0.05) is 31.6 Å². The van der Waals surface area contributed by atoms with Crippen LogP contribution in [-0.4, -0.2) is 26.0 Å². The quantitative estimate of drug-likeness (QED) is 0.392. The van der Waals surface area contributed by atoms with E-state index in [0.717, 1.165) is 35.6 Å². The molecule has 0 radical (unpaired) electrons. The van der Waals surface area contributed by atoms with Crippen LogP contribution in [0.3, 0.4) is 0 Å². The predicted molar refractivity (Wildman–Crippen MR) is 108 cm³/mol. The summed E-state index contributed by atoms with van der Waals surface area (Å²) in [6.45, 7) is 3.11. The molecule has 0 aliphatic carbocycles. The molecule has 0 aliphatic heterocycles. The minimum atomic E-state index is 0.804. The van der Waals surface area contributed by atoms with Crippen LogP contribution in [0.1, 0.15) is 50.2 Å². The number of benzene rings is 2. The van der Waals surface area contributed by atoms with Gasteiger partial charge in [-0.15, -0.1) is 0 Å². The topological polar surface area (TPSA) is 34.0 Å². The molecule has 0 fully saturated rings. The van der Waals surface area contributed by atoms with E-state index in [2.05, 4.69) is 16.9 Å². The van der Waals surface area contributed by atoms with Gasteiger partial charge in [0.15, 0.2) is 0 Å². The standard InChI is InChI=1S/C22H28N2O/c1-3-4-5-6-9-15-24-18-20-12-7-8-14-22(20)25-21-13-10-11-19(16-21)17-23-2/h7-8,10-14,16-18H,3-6,9,15H2,1-2H3. The summed E-state index contributed by atoms with van der Waals surface area (Å²) in [5.41, 5.74) is 2.03. The van der Waals surface area contributed by atoms with E-state index in [0.29, 0.717) is 0 Å². The van der Waals surface area contributed by atoms with Gasteiger partial charge in [0.25, 0.3) is 0 Å². The van der Waals surface area contributed by atoms with Crippen LogP contribution in [0.4, 0.5) is 0 Å². The van der Waals surface area contributed by atoms with Gasteiger partial charge in [-0.25, -0.2) is 0 Å². The highest BCUT2D eigenvalue weighted by molar-refractivity contribution is 5.84. The van der Waals surface area contributed by atoms with Crippen LogP contribution in [0.2, 0.25) is 0 Å². The fourth-order valence-corrected chi connectivity index (χ4v) is 2.58. The van der Waals surface area contributed by atoms with Crippen LogP contribution < -0.4 is 4.74 Å². The van der Waals surface area contributed by atoms with Crippen LogP contribution in [0.25, 0.3) is 0 Å². The molecule has 0 heterocycles. The molecule has 0 aliphatic rings. The summed E-state index contributed by atoms with van der Waals surface area (Å²) in [5.74, 6) is 1.63. The van der Waals surface area contributed by atoms with Crippen LogP contribution in [0, 0.1) is 0 Å². The third kappa shape index (κ3) is 6.92. The summed E-state index contributed by atoms with van der Waals surface area (Å²) in [6, 6.07) is 15.9. The van der Waals surface area contributed by atoms with Gasteiger partial charge in [0.05, 0.1) is 0 Å². The lowest BCUT2D eigenvalue weighted by Crippen LogP contribution is -1.92. The number of para-hydroxylation sites is 1. The Bertz CT molecular complexity index is 692. The highest BCUT2D eigenvalue weighted by Gasteiger charge is 2.03. The number of rotatable bonds is 10. The fraction of sp³-hybridized carbons (Fsp3) is 0.364. The second-order valence-corrected chi connectivity index (χ2v) is 6.05. The molecular weight excluding hydrogens is 308 g/mol. The minimum absolute atomic E-state index is 0.804. The molecular formula is C22H28N2O. The van der Waals surface area contributed by atoms with Gasteiger partial charge in [-0.1, -0.05) is 56.9 Å². The van der Waals surface area contributed by atoms with Crippen LogP contribution in [-0.2, 0) is 0 Å². The zero-order chi connectivity index (χ0) is 17.7. The van der Waals surface area contributed by atoms with E-state index in [-0.39, 0.29) is 0 Å². The van der Waals surface area contributed by atoms with E-state index in [1.54, 1.807) is 7.05 Å². The Morgan fingerprint density at radius 1 is 0.920 bits per heavy atom. The second kappa shape index (κ2) is 11.2. The Kier molecular flexibility index (Phi) is 8.46.